The zero-order valence-corrected chi connectivity index (χ0v) is 3.44. The van der Waals surface area contributed by atoms with Gasteiger partial charge in [-0.15, -0.1) is 0 Å². The molecular formula is H7MgNaO5S. The van der Waals surface area contributed by atoms with Crippen LogP contribution in [0.25, 0.3) is 0 Å². The summed E-state index contributed by atoms with van der Waals surface area (Å²) >= 11 is 0. The maximum absolute atomic E-state index is 8.74. The van der Waals surface area contributed by atoms with E-state index in [1.54, 1.807) is 0 Å². The van der Waals surface area contributed by atoms with Crippen molar-refractivity contribution < 1.29 is 23.0 Å². The van der Waals surface area contributed by atoms with Crippen LogP contribution in [0.3, 0.4) is 0 Å². The van der Waals surface area contributed by atoms with Crippen molar-refractivity contribution in [3.05, 3.63) is 0 Å². The molecule has 0 unspecified atom stereocenters. The van der Waals surface area contributed by atoms with E-state index in [-0.39, 0.29) is 58.1 Å². The van der Waals surface area contributed by atoms with Gasteiger partial charge in [-0.3, -0.25) is 9.11 Å². The summed E-state index contributed by atoms with van der Waals surface area (Å²) in [6.07, 6.45) is 0. The molecule has 0 spiro atoms. The Bertz CT molecular complexity index is 95.6. The van der Waals surface area contributed by atoms with Crippen molar-refractivity contribution in [2.24, 2.45) is 0 Å². The number of hydrogen-bond acceptors (Lipinski definition) is 2. The molecule has 0 bridgehead atoms. The van der Waals surface area contributed by atoms with Crippen molar-refractivity contribution in [2.75, 3.05) is 0 Å². The van der Waals surface area contributed by atoms with Crippen LogP contribution in [0.5, 0.6) is 0 Å². The summed E-state index contributed by atoms with van der Waals surface area (Å²) in [5.41, 5.74) is 0. The third-order valence-corrected chi connectivity index (χ3v) is 0. The third kappa shape index (κ3) is 130. The molecule has 0 aliphatic heterocycles. The molecule has 0 atom stereocenters. The van der Waals surface area contributed by atoms with Crippen LogP contribution in [-0.2, 0) is 10.4 Å². The summed E-state index contributed by atoms with van der Waals surface area (Å²) in [5.74, 6) is 0. The predicted octanol–water partition coefficient (Wildman–Crippen LogP) is -3.04. The first-order chi connectivity index (χ1) is 2.00. The van der Waals surface area contributed by atoms with Crippen LogP contribution in [0, 0.1) is 0 Å². The molecule has 0 aliphatic carbocycles. The predicted molar refractivity (Wildman–Crippen MR) is 33.5 cm³/mol. The standard InChI is InChI=1S/Mg.Na.H2O4S.H2O.3H/c;;1-5(2,3)4;;;;/h;;(H2,1,2,3,4);1H2;;;. The van der Waals surface area contributed by atoms with E-state index in [9.17, 15) is 0 Å². The van der Waals surface area contributed by atoms with Crippen molar-refractivity contribution in [1.29, 1.82) is 0 Å². The molecule has 8 heavy (non-hydrogen) atoms. The first-order valence-corrected chi connectivity index (χ1v) is 2.10. The molecule has 0 radical (unpaired) electrons. The van der Waals surface area contributed by atoms with E-state index in [4.69, 9.17) is 17.5 Å². The van der Waals surface area contributed by atoms with E-state index in [0.717, 1.165) is 0 Å². The normalized spacial score (nSPS) is 7.25. The molecule has 0 aromatic rings. The van der Waals surface area contributed by atoms with Gasteiger partial charge in [0, 0.05) is 0 Å². The van der Waals surface area contributed by atoms with E-state index in [0.29, 0.717) is 0 Å². The van der Waals surface area contributed by atoms with Crippen LogP contribution in [0.15, 0.2) is 0 Å². The van der Waals surface area contributed by atoms with Crippen molar-refractivity contribution >= 4 is 63.0 Å². The molecule has 4 N–H and O–H groups in total. The van der Waals surface area contributed by atoms with Gasteiger partial charge in [0.2, 0.25) is 0 Å². The van der Waals surface area contributed by atoms with Gasteiger partial charge >= 0.3 is 63.0 Å². The molecule has 0 saturated heterocycles. The van der Waals surface area contributed by atoms with Gasteiger partial charge in [-0.25, -0.2) is 0 Å². The summed E-state index contributed by atoms with van der Waals surface area (Å²) in [6, 6.07) is 0. The van der Waals surface area contributed by atoms with Gasteiger partial charge in [0.15, 0.2) is 0 Å². The molecular weight excluding hydrogens is 159 g/mol. The Morgan fingerprint density at radius 2 is 1.12 bits per heavy atom. The molecule has 0 fully saturated rings. The van der Waals surface area contributed by atoms with Crippen LogP contribution in [0.4, 0.5) is 0 Å². The molecule has 8 heteroatoms. The molecule has 46 valence electrons. The van der Waals surface area contributed by atoms with Crippen LogP contribution >= 0.6 is 0 Å². The Morgan fingerprint density at radius 3 is 1.12 bits per heavy atom. The van der Waals surface area contributed by atoms with Crippen LogP contribution in [0.1, 0.15) is 0 Å². The maximum atomic E-state index is 8.74. The molecule has 0 aromatic carbocycles. The monoisotopic (exact) mass is 166 g/mol. The second-order valence-corrected chi connectivity index (χ2v) is 1.34. The minimum atomic E-state index is -4.67. The van der Waals surface area contributed by atoms with Gasteiger partial charge in [-0.2, -0.15) is 8.42 Å². The average Bonchev–Trinajstić information content (AvgIpc) is 0.722. The fraction of sp³-hybridized carbons (Fsp3) is 0. The Balaban J connectivity index is -0.0000000267. The molecule has 0 rings (SSSR count). The van der Waals surface area contributed by atoms with Gasteiger partial charge < -0.3 is 5.48 Å². The summed E-state index contributed by atoms with van der Waals surface area (Å²) in [4.78, 5) is 0. The minimum absolute atomic E-state index is 0. The average molecular weight is 166 g/mol. The molecule has 5 nitrogen and oxygen atoms in total. The van der Waals surface area contributed by atoms with Crippen molar-refractivity contribution in [2.45, 2.75) is 0 Å². The summed E-state index contributed by atoms with van der Waals surface area (Å²) in [5, 5.41) is 0. The Kier molecular flexibility index (Phi) is 24.3. The van der Waals surface area contributed by atoms with Crippen LogP contribution in [-0.4, -0.2) is 75.6 Å². The van der Waals surface area contributed by atoms with E-state index in [1.807, 2.05) is 0 Å². The van der Waals surface area contributed by atoms with E-state index >= 15 is 0 Å². The molecule has 0 heterocycles. The van der Waals surface area contributed by atoms with E-state index in [1.165, 1.54) is 0 Å². The molecule has 0 aromatic heterocycles. The SMILES string of the molecule is O.O=S(=O)(O)O.[MgH2].[NaH]. The Hall–Kier alpha value is 1.60. The zero-order valence-electron chi connectivity index (χ0n) is 2.62. The number of hydrogen-bond donors (Lipinski definition) is 2. The second kappa shape index (κ2) is 8.60. The van der Waals surface area contributed by atoms with E-state index < -0.39 is 10.4 Å². The van der Waals surface area contributed by atoms with Crippen LogP contribution in [0.2, 0.25) is 0 Å². The third-order valence-electron chi connectivity index (χ3n) is 0. The molecule has 0 saturated carbocycles. The van der Waals surface area contributed by atoms with Crippen LogP contribution < -0.4 is 0 Å². The Labute approximate surface area is 85.2 Å². The summed E-state index contributed by atoms with van der Waals surface area (Å²) in [6.45, 7) is 0. The molecule has 0 amide bonds. The first-order valence-electron chi connectivity index (χ1n) is 0.698. The van der Waals surface area contributed by atoms with E-state index in [2.05, 4.69) is 0 Å². The van der Waals surface area contributed by atoms with Gasteiger partial charge in [0.1, 0.15) is 0 Å². The first kappa shape index (κ1) is 22.6. The van der Waals surface area contributed by atoms with Gasteiger partial charge in [-0.05, 0) is 0 Å². The summed E-state index contributed by atoms with van der Waals surface area (Å²) in [7, 11) is -4.67. The fourth-order valence-electron chi connectivity index (χ4n) is 0. The number of rotatable bonds is 0. The van der Waals surface area contributed by atoms with Gasteiger partial charge in [-0.1, -0.05) is 0 Å². The summed E-state index contributed by atoms with van der Waals surface area (Å²) < 4.78 is 31.6. The zero-order chi connectivity index (χ0) is 4.50. The molecule has 0 aliphatic rings. The van der Waals surface area contributed by atoms with Crippen molar-refractivity contribution in [1.82, 2.24) is 0 Å². The van der Waals surface area contributed by atoms with Crippen molar-refractivity contribution in [3.8, 4) is 0 Å². The Morgan fingerprint density at radius 1 is 1.12 bits per heavy atom. The topological polar surface area (TPSA) is 106 Å². The quantitative estimate of drug-likeness (QED) is 0.295. The van der Waals surface area contributed by atoms with Crippen molar-refractivity contribution in [3.63, 3.8) is 0 Å². The fourth-order valence-corrected chi connectivity index (χ4v) is 0. The second-order valence-electron chi connectivity index (χ2n) is 0.448. The van der Waals surface area contributed by atoms with Gasteiger partial charge in [0.25, 0.3) is 0 Å². The van der Waals surface area contributed by atoms with Gasteiger partial charge in [0.05, 0.1) is 0 Å².